The minimum Gasteiger partial charge on any atom is -0.491 e. The van der Waals surface area contributed by atoms with Crippen molar-refractivity contribution in [2.45, 2.75) is 52.9 Å². The van der Waals surface area contributed by atoms with Crippen LogP contribution in [0.25, 0.3) is 0 Å². The van der Waals surface area contributed by atoms with Crippen molar-refractivity contribution in [3.05, 3.63) is 28.8 Å². The molecule has 116 valence electrons. The smallest absolute Gasteiger partial charge is 0.137 e. The first-order valence-electron chi connectivity index (χ1n) is 8.32. The molecular weight excluding hydrogens is 280 g/mol. The molecular formula is C19H27ClO. The second kappa shape index (κ2) is 5.83. The highest BCUT2D eigenvalue weighted by atomic mass is 35.5. The summed E-state index contributed by atoms with van der Waals surface area (Å²) in [6.07, 6.45) is 6.91. The molecule has 2 saturated carbocycles. The van der Waals surface area contributed by atoms with Crippen molar-refractivity contribution in [3.8, 4) is 5.75 Å². The molecule has 1 aromatic carbocycles. The lowest BCUT2D eigenvalue weighted by Crippen LogP contribution is -2.39. The van der Waals surface area contributed by atoms with E-state index >= 15 is 0 Å². The van der Waals surface area contributed by atoms with Gasteiger partial charge in [0.15, 0.2) is 0 Å². The van der Waals surface area contributed by atoms with Gasteiger partial charge in [0.05, 0.1) is 11.6 Å². The van der Waals surface area contributed by atoms with E-state index in [2.05, 4.69) is 26.8 Å². The molecule has 2 aliphatic rings. The summed E-state index contributed by atoms with van der Waals surface area (Å²) in [6.45, 7) is 7.69. The van der Waals surface area contributed by atoms with E-state index in [1.54, 1.807) is 0 Å². The van der Waals surface area contributed by atoms with Crippen molar-refractivity contribution < 1.29 is 4.74 Å². The number of hydrogen-bond donors (Lipinski definition) is 0. The first-order valence-corrected chi connectivity index (χ1v) is 8.70. The van der Waals surface area contributed by atoms with Crippen LogP contribution in [0.3, 0.4) is 0 Å². The molecule has 0 N–H and O–H groups in total. The van der Waals surface area contributed by atoms with Crippen LogP contribution in [0, 0.1) is 30.1 Å². The third kappa shape index (κ3) is 3.56. The molecule has 0 heterocycles. The average Bonchev–Trinajstić information content (AvgIpc) is 2.35. The molecule has 0 spiro atoms. The van der Waals surface area contributed by atoms with E-state index in [4.69, 9.17) is 16.3 Å². The first-order chi connectivity index (χ1) is 9.93. The van der Waals surface area contributed by atoms with Crippen molar-refractivity contribution in [2.75, 3.05) is 6.61 Å². The van der Waals surface area contributed by atoms with E-state index in [1.165, 1.54) is 37.7 Å². The fourth-order valence-corrected chi connectivity index (χ4v) is 5.09. The Morgan fingerprint density at radius 2 is 1.86 bits per heavy atom. The Bertz CT molecular complexity index is 492. The lowest BCUT2D eigenvalue weighted by atomic mass is 9.60. The molecule has 21 heavy (non-hydrogen) atoms. The highest BCUT2D eigenvalue weighted by molar-refractivity contribution is 6.32. The zero-order chi connectivity index (χ0) is 15.0. The molecule has 0 aromatic heterocycles. The van der Waals surface area contributed by atoms with E-state index < -0.39 is 0 Å². The van der Waals surface area contributed by atoms with Crippen molar-refractivity contribution in [1.82, 2.24) is 0 Å². The van der Waals surface area contributed by atoms with E-state index in [1.807, 2.05) is 12.1 Å². The van der Waals surface area contributed by atoms with Crippen LogP contribution in [0.2, 0.25) is 5.02 Å². The number of ether oxygens (including phenoxy) is 1. The van der Waals surface area contributed by atoms with Gasteiger partial charge in [-0.2, -0.15) is 0 Å². The molecule has 0 amide bonds. The number of aryl methyl sites for hydroxylation is 1. The van der Waals surface area contributed by atoms with Crippen LogP contribution in [-0.2, 0) is 0 Å². The van der Waals surface area contributed by atoms with Crippen LogP contribution in [0.4, 0.5) is 0 Å². The van der Waals surface area contributed by atoms with E-state index in [9.17, 15) is 0 Å². The Morgan fingerprint density at radius 3 is 2.48 bits per heavy atom. The fraction of sp³-hybridized carbons (Fsp3) is 0.684. The number of fused-ring (bicyclic) bond motifs is 2. The predicted octanol–water partition coefficient (Wildman–Crippen LogP) is 5.88. The SMILES string of the molecule is Cc1ccc(OCC2(C)CC3CC(C)CC(C3)C2)c(Cl)c1. The molecule has 0 saturated heterocycles. The summed E-state index contributed by atoms with van der Waals surface area (Å²) < 4.78 is 6.09. The Hall–Kier alpha value is -0.690. The molecule has 3 rings (SSSR count). The zero-order valence-corrected chi connectivity index (χ0v) is 14.2. The Balaban J connectivity index is 1.64. The lowest BCUT2D eigenvalue weighted by molar-refractivity contribution is 0.0147. The maximum Gasteiger partial charge on any atom is 0.137 e. The molecule has 0 aliphatic heterocycles. The second-order valence-corrected chi connectivity index (χ2v) is 8.39. The Labute approximate surface area is 134 Å². The summed E-state index contributed by atoms with van der Waals surface area (Å²) in [5.74, 6) is 3.59. The van der Waals surface area contributed by atoms with Crippen LogP contribution in [0.5, 0.6) is 5.75 Å². The summed E-state index contributed by atoms with van der Waals surface area (Å²) in [6, 6.07) is 6.06. The van der Waals surface area contributed by atoms with Gasteiger partial charge in [0.1, 0.15) is 5.75 Å². The maximum absolute atomic E-state index is 6.28. The topological polar surface area (TPSA) is 9.23 Å². The molecule has 2 atom stereocenters. The van der Waals surface area contributed by atoms with Gasteiger partial charge in [-0.05, 0) is 74.5 Å². The summed E-state index contributed by atoms with van der Waals surface area (Å²) in [4.78, 5) is 0. The molecule has 1 nitrogen and oxygen atoms in total. The summed E-state index contributed by atoms with van der Waals surface area (Å²) in [7, 11) is 0. The fourth-order valence-electron chi connectivity index (χ4n) is 4.80. The monoisotopic (exact) mass is 306 g/mol. The quantitative estimate of drug-likeness (QED) is 0.677. The third-order valence-corrected chi connectivity index (χ3v) is 5.66. The van der Waals surface area contributed by atoms with Gasteiger partial charge < -0.3 is 4.74 Å². The van der Waals surface area contributed by atoms with Crippen LogP contribution in [0.15, 0.2) is 18.2 Å². The molecule has 2 fully saturated rings. The van der Waals surface area contributed by atoms with Gasteiger partial charge >= 0.3 is 0 Å². The first kappa shape index (κ1) is 15.2. The van der Waals surface area contributed by atoms with Gasteiger partial charge in [0, 0.05) is 5.41 Å². The lowest BCUT2D eigenvalue weighted by Gasteiger charge is -2.47. The van der Waals surface area contributed by atoms with Crippen LogP contribution in [0.1, 0.15) is 51.5 Å². The van der Waals surface area contributed by atoms with Crippen LogP contribution in [-0.4, -0.2) is 6.61 Å². The van der Waals surface area contributed by atoms with Crippen LogP contribution < -0.4 is 4.74 Å². The number of benzene rings is 1. The zero-order valence-electron chi connectivity index (χ0n) is 13.5. The van der Waals surface area contributed by atoms with Crippen molar-refractivity contribution in [2.24, 2.45) is 23.2 Å². The van der Waals surface area contributed by atoms with E-state index in [0.29, 0.717) is 5.41 Å². The van der Waals surface area contributed by atoms with Gasteiger partial charge in [-0.25, -0.2) is 0 Å². The summed E-state index contributed by atoms with van der Waals surface area (Å²) in [5, 5.41) is 0.739. The average molecular weight is 307 g/mol. The maximum atomic E-state index is 6.28. The van der Waals surface area contributed by atoms with Crippen molar-refractivity contribution >= 4 is 11.6 Å². The Morgan fingerprint density at radius 1 is 1.19 bits per heavy atom. The minimum absolute atomic E-state index is 0.321. The van der Waals surface area contributed by atoms with Crippen molar-refractivity contribution in [3.63, 3.8) is 0 Å². The van der Waals surface area contributed by atoms with Crippen LogP contribution >= 0.6 is 11.6 Å². The normalized spacial score (nSPS) is 35.5. The molecule has 2 bridgehead atoms. The largest absolute Gasteiger partial charge is 0.491 e. The van der Waals surface area contributed by atoms with Gasteiger partial charge in [-0.3, -0.25) is 0 Å². The molecule has 2 aliphatic carbocycles. The number of rotatable bonds is 3. The molecule has 0 radical (unpaired) electrons. The minimum atomic E-state index is 0.321. The van der Waals surface area contributed by atoms with Gasteiger partial charge in [0.2, 0.25) is 0 Å². The van der Waals surface area contributed by atoms with E-state index in [-0.39, 0.29) is 0 Å². The standard InChI is InChI=1S/C19H27ClO/c1-13-4-5-18(17(20)8-13)21-12-19(3)10-15-6-14(2)7-16(9-15)11-19/h4-5,8,14-16H,6-7,9-12H2,1-3H3. The third-order valence-electron chi connectivity index (χ3n) is 5.36. The molecule has 2 heteroatoms. The molecule has 2 unspecified atom stereocenters. The predicted molar refractivity (Wildman–Crippen MR) is 89.0 cm³/mol. The van der Waals surface area contributed by atoms with Gasteiger partial charge in [0.25, 0.3) is 0 Å². The summed E-state index contributed by atoms with van der Waals surface area (Å²) in [5.41, 5.74) is 1.50. The second-order valence-electron chi connectivity index (χ2n) is 7.99. The van der Waals surface area contributed by atoms with Gasteiger partial charge in [-0.1, -0.05) is 31.5 Å². The Kier molecular flexibility index (Phi) is 4.23. The summed E-state index contributed by atoms with van der Waals surface area (Å²) >= 11 is 6.28. The van der Waals surface area contributed by atoms with Gasteiger partial charge in [-0.15, -0.1) is 0 Å². The number of hydrogen-bond acceptors (Lipinski definition) is 1. The van der Waals surface area contributed by atoms with E-state index in [0.717, 1.165) is 35.1 Å². The highest BCUT2D eigenvalue weighted by Gasteiger charge is 2.41. The molecule has 1 aromatic rings. The van der Waals surface area contributed by atoms with Crippen molar-refractivity contribution in [1.29, 1.82) is 0 Å². The number of halogens is 1. The highest BCUT2D eigenvalue weighted by Crippen LogP contribution is 2.50.